The highest BCUT2D eigenvalue weighted by molar-refractivity contribution is 6.23. The minimum Gasteiger partial charge on any atom is -0.489 e. The number of hydrogen-bond acceptors (Lipinski definition) is 2. The second-order valence-electron chi connectivity index (χ2n) is 4.62. The summed E-state index contributed by atoms with van der Waals surface area (Å²) in [6.07, 6.45) is 1.73. The van der Waals surface area contributed by atoms with Crippen LogP contribution in [-0.4, -0.2) is 6.61 Å². The topological polar surface area (TPSA) is 18.5 Å². The van der Waals surface area contributed by atoms with Crippen molar-refractivity contribution in [2.45, 2.75) is 12.0 Å². The van der Waals surface area contributed by atoms with Crippen molar-refractivity contribution >= 4 is 11.6 Å². The molecule has 0 radical (unpaired) electrons. The fraction of sp³-hybridized carbons (Fsp3) is 0.176. The van der Waals surface area contributed by atoms with E-state index in [2.05, 4.69) is 6.58 Å². The van der Waals surface area contributed by atoms with Crippen molar-refractivity contribution in [2.24, 2.45) is 0 Å². The number of alkyl halides is 1. The van der Waals surface area contributed by atoms with Gasteiger partial charge in [-0.15, -0.1) is 11.6 Å². The molecule has 0 saturated carbocycles. The molecule has 2 aromatic carbocycles. The largest absolute Gasteiger partial charge is 0.489 e. The van der Waals surface area contributed by atoms with E-state index in [0.29, 0.717) is 13.2 Å². The summed E-state index contributed by atoms with van der Waals surface area (Å²) < 4.78 is 11.6. The molecule has 2 aromatic rings. The molecule has 3 heteroatoms. The summed E-state index contributed by atoms with van der Waals surface area (Å²) in [6.45, 7) is 4.64. The maximum atomic E-state index is 6.68. The normalized spacial score (nSPS) is 16.4. The lowest BCUT2D eigenvalue weighted by Crippen LogP contribution is -2.03. The van der Waals surface area contributed by atoms with E-state index in [1.54, 1.807) is 6.08 Å². The van der Waals surface area contributed by atoms with Crippen LogP contribution in [0.3, 0.4) is 0 Å². The zero-order valence-electron chi connectivity index (χ0n) is 11.0. The van der Waals surface area contributed by atoms with Crippen LogP contribution >= 0.6 is 11.6 Å². The minimum absolute atomic E-state index is 0.273. The molecule has 1 aliphatic heterocycles. The maximum Gasteiger partial charge on any atom is 0.125 e. The van der Waals surface area contributed by atoms with Crippen molar-refractivity contribution in [3.8, 4) is 11.5 Å². The molecule has 0 aromatic heterocycles. The van der Waals surface area contributed by atoms with Gasteiger partial charge >= 0.3 is 0 Å². The van der Waals surface area contributed by atoms with E-state index in [1.165, 1.54) is 0 Å². The molecule has 0 N–H and O–H groups in total. The van der Waals surface area contributed by atoms with Crippen LogP contribution in [-0.2, 0) is 6.61 Å². The summed E-state index contributed by atoms with van der Waals surface area (Å²) in [7, 11) is 0. The van der Waals surface area contributed by atoms with Gasteiger partial charge in [-0.25, -0.2) is 0 Å². The van der Waals surface area contributed by atoms with E-state index in [0.717, 1.165) is 28.2 Å². The summed E-state index contributed by atoms with van der Waals surface area (Å²) in [5.74, 6) is 1.63. The third-order valence-electron chi connectivity index (χ3n) is 3.34. The lowest BCUT2D eigenvalue weighted by molar-refractivity contribution is 0.305. The lowest BCUT2D eigenvalue weighted by Gasteiger charge is -2.16. The Morgan fingerprint density at radius 2 is 2.10 bits per heavy atom. The Bertz CT molecular complexity index is 637. The van der Waals surface area contributed by atoms with Crippen molar-refractivity contribution in [1.29, 1.82) is 0 Å². The van der Waals surface area contributed by atoms with E-state index in [1.807, 2.05) is 42.5 Å². The molecule has 0 bridgehead atoms. The average Bonchev–Trinajstić information content (AvgIpc) is 2.64. The van der Waals surface area contributed by atoms with Crippen molar-refractivity contribution in [3.63, 3.8) is 0 Å². The fourth-order valence-corrected chi connectivity index (χ4v) is 2.84. The fourth-order valence-electron chi connectivity index (χ4n) is 2.41. The van der Waals surface area contributed by atoms with Gasteiger partial charge < -0.3 is 9.47 Å². The summed E-state index contributed by atoms with van der Waals surface area (Å²) in [4.78, 5) is 0. The van der Waals surface area contributed by atoms with Crippen molar-refractivity contribution in [1.82, 2.24) is 0 Å². The average molecular weight is 287 g/mol. The summed E-state index contributed by atoms with van der Waals surface area (Å²) in [5, 5.41) is -0.273. The number of fused-ring (bicyclic) bond motifs is 2. The molecule has 0 fully saturated rings. The molecule has 0 aliphatic carbocycles. The number of para-hydroxylation sites is 1. The molecule has 1 atom stereocenters. The smallest absolute Gasteiger partial charge is 0.125 e. The number of hydrogen-bond donors (Lipinski definition) is 0. The third-order valence-corrected chi connectivity index (χ3v) is 3.80. The van der Waals surface area contributed by atoms with E-state index < -0.39 is 0 Å². The van der Waals surface area contributed by atoms with Crippen molar-refractivity contribution < 1.29 is 9.47 Å². The van der Waals surface area contributed by atoms with E-state index in [9.17, 15) is 0 Å². The van der Waals surface area contributed by atoms with E-state index >= 15 is 0 Å². The maximum absolute atomic E-state index is 6.68. The van der Waals surface area contributed by atoms with Gasteiger partial charge in [0.1, 0.15) is 24.7 Å². The van der Waals surface area contributed by atoms with Crippen LogP contribution < -0.4 is 9.47 Å². The standard InChI is InChI=1S/C17H15ClO2/c1-2-10-19-15-9-5-6-12-11-20-14-8-4-3-7-13(14)17(18)16(12)15/h2-9,17H,1,10-11H2. The first-order valence-corrected chi connectivity index (χ1v) is 6.96. The molecule has 1 unspecified atom stereocenters. The van der Waals surface area contributed by atoms with Crippen LogP contribution in [0, 0.1) is 0 Å². The quantitative estimate of drug-likeness (QED) is 0.612. The Hall–Kier alpha value is -1.93. The molecule has 1 heterocycles. The van der Waals surface area contributed by atoms with Gasteiger partial charge in [0.15, 0.2) is 0 Å². The molecule has 3 rings (SSSR count). The van der Waals surface area contributed by atoms with Gasteiger partial charge in [-0.2, -0.15) is 0 Å². The second kappa shape index (κ2) is 5.59. The molecular formula is C17H15ClO2. The second-order valence-corrected chi connectivity index (χ2v) is 5.05. The molecule has 0 saturated heterocycles. The van der Waals surface area contributed by atoms with Gasteiger partial charge in [-0.05, 0) is 17.7 Å². The monoisotopic (exact) mass is 286 g/mol. The van der Waals surface area contributed by atoms with Gasteiger partial charge in [0.2, 0.25) is 0 Å². The predicted octanol–water partition coefficient (Wildman–Crippen LogP) is 4.47. The molecule has 102 valence electrons. The molecule has 0 amide bonds. The highest BCUT2D eigenvalue weighted by Gasteiger charge is 2.25. The Kier molecular flexibility index (Phi) is 3.66. The van der Waals surface area contributed by atoms with Crippen molar-refractivity contribution in [3.05, 3.63) is 71.8 Å². The van der Waals surface area contributed by atoms with Crippen LogP contribution in [0.2, 0.25) is 0 Å². The summed E-state index contributed by atoms with van der Waals surface area (Å²) in [6, 6.07) is 13.8. The Morgan fingerprint density at radius 3 is 2.95 bits per heavy atom. The first-order valence-electron chi connectivity index (χ1n) is 6.52. The zero-order chi connectivity index (χ0) is 13.9. The zero-order valence-corrected chi connectivity index (χ0v) is 11.8. The number of rotatable bonds is 3. The third kappa shape index (κ3) is 2.27. The summed E-state index contributed by atoms with van der Waals surface area (Å²) >= 11 is 6.68. The van der Waals surface area contributed by atoms with Crippen LogP contribution in [0.25, 0.3) is 0 Å². The Labute approximate surface area is 123 Å². The molecule has 20 heavy (non-hydrogen) atoms. The predicted molar refractivity (Wildman–Crippen MR) is 80.6 cm³/mol. The van der Waals surface area contributed by atoms with Gasteiger partial charge in [0.05, 0.1) is 5.38 Å². The van der Waals surface area contributed by atoms with Crippen LogP contribution in [0.1, 0.15) is 22.1 Å². The van der Waals surface area contributed by atoms with Crippen LogP contribution in [0.4, 0.5) is 0 Å². The van der Waals surface area contributed by atoms with Gasteiger partial charge in [0, 0.05) is 11.1 Å². The molecule has 1 aliphatic rings. The Morgan fingerprint density at radius 1 is 1.25 bits per heavy atom. The molecule has 2 nitrogen and oxygen atoms in total. The summed E-state index contributed by atoms with van der Waals surface area (Å²) in [5.41, 5.74) is 3.02. The van der Waals surface area contributed by atoms with Crippen molar-refractivity contribution in [2.75, 3.05) is 6.61 Å². The first-order chi connectivity index (χ1) is 9.81. The highest BCUT2D eigenvalue weighted by atomic mass is 35.5. The van der Waals surface area contributed by atoms with Crippen LogP contribution in [0.15, 0.2) is 55.1 Å². The van der Waals surface area contributed by atoms with Gasteiger partial charge in [0.25, 0.3) is 0 Å². The highest BCUT2D eigenvalue weighted by Crippen LogP contribution is 2.43. The van der Waals surface area contributed by atoms with E-state index in [-0.39, 0.29) is 5.38 Å². The van der Waals surface area contributed by atoms with E-state index in [4.69, 9.17) is 21.1 Å². The number of ether oxygens (including phenoxy) is 2. The number of benzene rings is 2. The number of halogens is 1. The van der Waals surface area contributed by atoms with Gasteiger partial charge in [-0.1, -0.05) is 43.0 Å². The molecular weight excluding hydrogens is 272 g/mol. The SMILES string of the molecule is C=CCOc1cccc2c1C(Cl)c1ccccc1OC2. The molecule has 0 spiro atoms. The lowest BCUT2D eigenvalue weighted by atomic mass is 9.99. The van der Waals surface area contributed by atoms with Crippen LogP contribution in [0.5, 0.6) is 11.5 Å². The first kappa shape index (κ1) is 13.1. The van der Waals surface area contributed by atoms with Gasteiger partial charge in [-0.3, -0.25) is 0 Å². The minimum atomic E-state index is -0.273. The Balaban J connectivity index is 2.10.